The number of hydrogen-bond donors (Lipinski definition) is 1. The molecule has 0 aromatic heterocycles. The van der Waals surface area contributed by atoms with Gasteiger partial charge < -0.3 is 5.73 Å². The maximum absolute atomic E-state index is 5.78. The van der Waals surface area contributed by atoms with E-state index < -0.39 is 0 Å². The summed E-state index contributed by atoms with van der Waals surface area (Å²) >= 11 is 0. The van der Waals surface area contributed by atoms with E-state index >= 15 is 0 Å². The van der Waals surface area contributed by atoms with Gasteiger partial charge in [-0.05, 0) is 24.7 Å². The van der Waals surface area contributed by atoms with Crippen molar-refractivity contribution in [1.29, 1.82) is 0 Å². The van der Waals surface area contributed by atoms with Crippen LogP contribution in [0, 0.1) is 5.41 Å². The molecule has 0 aliphatic carbocycles. The highest BCUT2D eigenvalue weighted by Crippen LogP contribution is 2.21. The Hall–Kier alpha value is 0.250. The minimum absolute atomic E-state index is 0. The fourth-order valence-electron chi connectivity index (χ4n) is 0.823. The predicted molar refractivity (Wildman–Crippen MR) is 54.2 cm³/mol. The van der Waals surface area contributed by atoms with Gasteiger partial charge in [0.2, 0.25) is 0 Å². The molecule has 0 aromatic carbocycles. The van der Waals surface area contributed by atoms with E-state index in [1.54, 1.807) is 0 Å². The second-order valence-corrected chi connectivity index (χ2v) is 4.27. The summed E-state index contributed by atoms with van der Waals surface area (Å²) in [6, 6.07) is 0.416. The number of halogens is 1. The highest BCUT2D eigenvalue weighted by Gasteiger charge is 2.11. The minimum Gasteiger partial charge on any atom is -0.328 e. The quantitative estimate of drug-likeness (QED) is 0.709. The van der Waals surface area contributed by atoms with Crippen LogP contribution in [0.1, 0.15) is 47.0 Å². The molecule has 0 bridgehead atoms. The van der Waals surface area contributed by atoms with Crippen molar-refractivity contribution in [2.45, 2.75) is 53.0 Å². The van der Waals surface area contributed by atoms with Crippen molar-refractivity contribution in [2.24, 2.45) is 11.1 Å². The van der Waals surface area contributed by atoms with Crippen LogP contribution in [0.3, 0.4) is 0 Å². The van der Waals surface area contributed by atoms with Crippen molar-refractivity contribution >= 4 is 12.4 Å². The molecular formula is C9H22ClN. The van der Waals surface area contributed by atoms with Crippen molar-refractivity contribution in [2.75, 3.05) is 0 Å². The summed E-state index contributed by atoms with van der Waals surface area (Å²) in [6.07, 6.45) is 3.51. The Kier molecular flexibility index (Phi) is 7.34. The highest BCUT2D eigenvalue weighted by atomic mass is 35.5. The summed E-state index contributed by atoms with van der Waals surface area (Å²) in [4.78, 5) is 0. The summed E-state index contributed by atoms with van der Waals surface area (Å²) in [5.41, 5.74) is 6.23. The normalized spacial score (nSPS) is 13.9. The molecule has 0 aromatic rings. The maximum atomic E-state index is 5.78. The average molecular weight is 180 g/mol. The summed E-state index contributed by atoms with van der Waals surface area (Å²) < 4.78 is 0. The molecule has 2 heteroatoms. The molecule has 1 nitrogen and oxygen atoms in total. The Morgan fingerprint density at radius 3 is 2.00 bits per heavy atom. The van der Waals surface area contributed by atoms with Crippen LogP contribution >= 0.6 is 12.4 Å². The molecule has 0 fully saturated rings. The molecule has 0 aliphatic rings. The van der Waals surface area contributed by atoms with Gasteiger partial charge in [0, 0.05) is 6.04 Å². The SMILES string of the molecule is CCC(N)CCC(C)(C)C.Cl. The zero-order valence-electron chi connectivity index (χ0n) is 8.18. The second-order valence-electron chi connectivity index (χ2n) is 4.27. The molecule has 70 valence electrons. The average Bonchev–Trinajstić information content (AvgIpc) is 1.81. The molecule has 11 heavy (non-hydrogen) atoms. The second kappa shape index (κ2) is 5.84. The lowest BCUT2D eigenvalue weighted by molar-refractivity contribution is 0.346. The maximum Gasteiger partial charge on any atom is 0.00364 e. The van der Waals surface area contributed by atoms with Crippen LogP contribution in [-0.2, 0) is 0 Å². The molecular weight excluding hydrogens is 158 g/mol. The summed E-state index contributed by atoms with van der Waals surface area (Å²) in [5, 5.41) is 0. The first-order valence-corrected chi connectivity index (χ1v) is 4.21. The van der Waals surface area contributed by atoms with E-state index in [1.165, 1.54) is 12.8 Å². The molecule has 0 spiro atoms. The fourth-order valence-corrected chi connectivity index (χ4v) is 0.823. The van der Waals surface area contributed by atoms with E-state index in [4.69, 9.17) is 5.73 Å². The molecule has 0 saturated heterocycles. The Labute approximate surface area is 77.2 Å². The lowest BCUT2D eigenvalue weighted by atomic mass is 9.88. The van der Waals surface area contributed by atoms with Crippen molar-refractivity contribution in [3.05, 3.63) is 0 Å². The first-order chi connectivity index (χ1) is 4.45. The molecule has 0 saturated carbocycles. The van der Waals surface area contributed by atoms with Gasteiger partial charge in [-0.1, -0.05) is 27.7 Å². The molecule has 1 atom stereocenters. The minimum atomic E-state index is 0. The smallest absolute Gasteiger partial charge is 0.00364 e. The lowest BCUT2D eigenvalue weighted by Crippen LogP contribution is -2.21. The van der Waals surface area contributed by atoms with Gasteiger partial charge in [0.15, 0.2) is 0 Å². The zero-order chi connectivity index (χ0) is 8.20. The first-order valence-electron chi connectivity index (χ1n) is 4.21. The van der Waals surface area contributed by atoms with E-state index in [2.05, 4.69) is 27.7 Å². The third-order valence-electron chi connectivity index (χ3n) is 1.79. The van der Waals surface area contributed by atoms with Gasteiger partial charge in [-0.15, -0.1) is 12.4 Å². The number of hydrogen-bond acceptors (Lipinski definition) is 1. The molecule has 0 radical (unpaired) electrons. The van der Waals surface area contributed by atoms with Gasteiger partial charge in [-0.3, -0.25) is 0 Å². The fraction of sp³-hybridized carbons (Fsp3) is 1.00. The van der Waals surface area contributed by atoms with E-state index in [1.807, 2.05) is 0 Å². The molecule has 0 rings (SSSR count). The topological polar surface area (TPSA) is 26.0 Å². The predicted octanol–water partition coefficient (Wildman–Crippen LogP) is 2.97. The van der Waals surface area contributed by atoms with Gasteiger partial charge in [-0.25, -0.2) is 0 Å². The van der Waals surface area contributed by atoms with E-state index in [0.717, 1.165) is 6.42 Å². The molecule has 0 amide bonds. The van der Waals surface area contributed by atoms with Gasteiger partial charge in [0.1, 0.15) is 0 Å². The molecule has 1 unspecified atom stereocenters. The Morgan fingerprint density at radius 1 is 1.27 bits per heavy atom. The van der Waals surface area contributed by atoms with Crippen LogP contribution < -0.4 is 5.73 Å². The Bertz CT molecular complexity index is 86.1. The number of rotatable bonds is 3. The van der Waals surface area contributed by atoms with Gasteiger partial charge in [-0.2, -0.15) is 0 Å². The van der Waals surface area contributed by atoms with E-state index in [9.17, 15) is 0 Å². The van der Waals surface area contributed by atoms with Crippen molar-refractivity contribution in [1.82, 2.24) is 0 Å². The van der Waals surface area contributed by atoms with Crippen molar-refractivity contribution in [3.63, 3.8) is 0 Å². The van der Waals surface area contributed by atoms with Crippen LogP contribution in [0.2, 0.25) is 0 Å². The molecule has 2 N–H and O–H groups in total. The highest BCUT2D eigenvalue weighted by molar-refractivity contribution is 5.85. The van der Waals surface area contributed by atoms with Crippen LogP contribution in [0.4, 0.5) is 0 Å². The van der Waals surface area contributed by atoms with Crippen LogP contribution in [-0.4, -0.2) is 6.04 Å². The third-order valence-corrected chi connectivity index (χ3v) is 1.79. The lowest BCUT2D eigenvalue weighted by Gasteiger charge is -2.19. The first kappa shape index (κ1) is 13.8. The molecule has 0 heterocycles. The van der Waals surface area contributed by atoms with Gasteiger partial charge in [0.05, 0.1) is 0 Å². The largest absolute Gasteiger partial charge is 0.328 e. The monoisotopic (exact) mass is 179 g/mol. The Balaban J connectivity index is 0. The standard InChI is InChI=1S/C9H21N.ClH/c1-5-8(10)6-7-9(2,3)4;/h8H,5-7,10H2,1-4H3;1H. The van der Waals surface area contributed by atoms with Crippen LogP contribution in [0.15, 0.2) is 0 Å². The summed E-state index contributed by atoms with van der Waals surface area (Å²) in [5.74, 6) is 0. The van der Waals surface area contributed by atoms with Crippen LogP contribution in [0.5, 0.6) is 0 Å². The number of nitrogens with two attached hydrogens (primary N) is 1. The van der Waals surface area contributed by atoms with E-state index in [-0.39, 0.29) is 12.4 Å². The zero-order valence-corrected chi connectivity index (χ0v) is 9.00. The van der Waals surface area contributed by atoms with E-state index in [0.29, 0.717) is 11.5 Å². The van der Waals surface area contributed by atoms with Crippen molar-refractivity contribution in [3.8, 4) is 0 Å². The summed E-state index contributed by atoms with van der Waals surface area (Å²) in [7, 11) is 0. The van der Waals surface area contributed by atoms with Crippen LogP contribution in [0.25, 0.3) is 0 Å². The van der Waals surface area contributed by atoms with Crippen molar-refractivity contribution < 1.29 is 0 Å². The summed E-state index contributed by atoms with van der Waals surface area (Å²) in [6.45, 7) is 8.92. The van der Waals surface area contributed by atoms with Gasteiger partial charge in [0.25, 0.3) is 0 Å². The van der Waals surface area contributed by atoms with Gasteiger partial charge >= 0.3 is 0 Å². The third kappa shape index (κ3) is 10.2. The Morgan fingerprint density at radius 2 is 1.73 bits per heavy atom. The molecule has 0 aliphatic heterocycles.